The number of hydrogen-bond donors (Lipinski definition) is 2. The van der Waals surface area contributed by atoms with Crippen molar-refractivity contribution >= 4 is 17.6 Å². The molecule has 0 aromatic heterocycles. The van der Waals surface area contributed by atoms with Gasteiger partial charge in [-0.2, -0.15) is 0 Å². The number of anilines is 1. The average Bonchev–Trinajstić information content (AvgIpc) is 3.06. The van der Waals surface area contributed by atoms with Crippen LogP contribution in [0.1, 0.15) is 15.9 Å². The third kappa shape index (κ3) is 4.29. The van der Waals surface area contributed by atoms with Gasteiger partial charge in [0.25, 0.3) is 5.91 Å². The van der Waals surface area contributed by atoms with Crippen molar-refractivity contribution in [3.63, 3.8) is 0 Å². The maximum Gasteiger partial charge on any atom is 0.321 e. The fraction of sp³-hybridized carbons (Fsp3) is 0.263. The van der Waals surface area contributed by atoms with Crippen LogP contribution in [0.4, 0.5) is 10.5 Å². The molecule has 3 amide bonds. The molecule has 2 aromatic rings. The molecule has 2 N–H and O–H groups in total. The molecule has 0 bridgehead atoms. The molecule has 6 heteroatoms. The fourth-order valence-electron chi connectivity index (χ4n) is 2.58. The van der Waals surface area contributed by atoms with Crippen LogP contribution in [-0.2, 0) is 0 Å². The van der Waals surface area contributed by atoms with Crippen LogP contribution in [0.5, 0.6) is 5.75 Å². The molecule has 1 fully saturated rings. The van der Waals surface area contributed by atoms with Crippen molar-refractivity contribution in [3.05, 3.63) is 59.7 Å². The third-order valence-corrected chi connectivity index (χ3v) is 3.98. The second-order valence-corrected chi connectivity index (χ2v) is 5.85. The Labute approximate surface area is 146 Å². The number of benzene rings is 2. The van der Waals surface area contributed by atoms with Crippen LogP contribution in [-0.4, -0.2) is 38.2 Å². The number of urea groups is 1. The van der Waals surface area contributed by atoms with E-state index in [9.17, 15) is 9.59 Å². The zero-order valence-corrected chi connectivity index (χ0v) is 14.1. The zero-order valence-electron chi connectivity index (χ0n) is 14.1. The minimum absolute atomic E-state index is 0.106. The highest BCUT2D eigenvalue weighted by Gasteiger charge is 2.21. The Morgan fingerprint density at radius 2 is 1.88 bits per heavy atom. The van der Waals surface area contributed by atoms with Gasteiger partial charge in [-0.1, -0.05) is 17.7 Å². The van der Waals surface area contributed by atoms with E-state index in [1.165, 1.54) is 5.56 Å². The maximum atomic E-state index is 12.1. The first-order valence-electron chi connectivity index (χ1n) is 8.26. The molecule has 3 rings (SSSR count). The topological polar surface area (TPSA) is 70.7 Å². The molecular weight excluding hydrogens is 318 g/mol. The van der Waals surface area contributed by atoms with E-state index in [-0.39, 0.29) is 11.9 Å². The van der Waals surface area contributed by atoms with Gasteiger partial charge < -0.3 is 15.4 Å². The normalized spacial score (nSPS) is 13.5. The van der Waals surface area contributed by atoms with E-state index in [2.05, 4.69) is 10.6 Å². The first kappa shape index (κ1) is 16.8. The molecule has 2 aromatic carbocycles. The quantitative estimate of drug-likeness (QED) is 0.794. The average molecular weight is 339 g/mol. The number of rotatable bonds is 6. The van der Waals surface area contributed by atoms with Crippen LogP contribution in [0.3, 0.4) is 0 Å². The van der Waals surface area contributed by atoms with Gasteiger partial charge in [0.1, 0.15) is 12.4 Å². The number of aryl methyl sites for hydroxylation is 1. The van der Waals surface area contributed by atoms with Gasteiger partial charge in [0.2, 0.25) is 0 Å². The smallest absolute Gasteiger partial charge is 0.321 e. The first-order valence-corrected chi connectivity index (χ1v) is 8.26. The van der Waals surface area contributed by atoms with Gasteiger partial charge >= 0.3 is 6.03 Å². The Hall–Kier alpha value is -3.02. The van der Waals surface area contributed by atoms with Crippen LogP contribution < -0.4 is 20.3 Å². The second-order valence-electron chi connectivity index (χ2n) is 5.85. The number of hydrogen-bond acceptors (Lipinski definition) is 3. The monoisotopic (exact) mass is 339 g/mol. The van der Waals surface area contributed by atoms with E-state index in [0.717, 1.165) is 11.4 Å². The van der Waals surface area contributed by atoms with Crippen molar-refractivity contribution in [2.45, 2.75) is 6.92 Å². The van der Waals surface area contributed by atoms with Gasteiger partial charge in [0.15, 0.2) is 0 Å². The van der Waals surface area contributed by atoms with Crippen molar-refractivity contribution in [1.29, 1.82) is 0 Å². The molecule has 0 spiro atoms. The van der Waals surface area contributed by atoms with Crippen LogP contribution >= 0.6 is 0 Å². The van der Waals surface area contributed by atoms with Crippen molar-refractivity contribution in [2.75, 3.05) is 31.1 Å². The lowest BCUT2D eigenvalue weighted by atomic mass is 10.2. The Bertz CT molecular complexity index is 742. The lowest BCUT2D eigenvalue weighted by Crippen LogP contribution is -2.29. The molecule has 6 nitrogen and oxygen atoms in total. The SMILES string of the molecule is Cc1ccc(OCCNC(=O)c2ccc(N3CCNC3=O)cc2)cc1. The van der Waals surface area contributed by atoms with Crippen molar-refractivity contribution in [3.8, 4) is 5.75 Å². The summed E-state index contributed by atoms with van der Waals surface area (Å²) in [5.41, 5.74) is 2.52. The number of carbonyl (C=O) groups is 2. The van der Waals surface area contributed by atoms with Gasteiger partial charge in [-0.15, -0.1) is 0 Å². The minimum Gasteiger partial charge on any atom is -0.492 e. The molecule has 1 saturated heterocycles. The van der Waals surface area contributed by atoms with Crippen LogP contribution in [0.15, 0.2) is 48.5 Å². The standard InChI is InChI=1S/C19H21N3O3/c1-14-2-8-17(9-3-14)25-13-11-20-18(23)15-4-6-16(7-5-15)22-12-10-21-19(22)24/h2-9H,10-13H2,1H3,(H,20,23)(H,21,24). The summed E-state index contributed by atoms with van der Waals surface area (Å²) in [7, 11) is 0. The van der Waals surface area contributed by atoms with E-state index >= 15 is 0 Å². The number of nitrogens with zero attached hydrogens (tertiary/aromatic N) is 1. The lowest BCUT2D eigenvalue weighted by molar-refractivity contribution is 0.0947. The highest BCUT2D eigenvalue weighted by Crippen LogP contribution is 2.17. The van der Waals surface area contributed by atoms with Crippen LogP contribution in [0.25, 0.3) is 0 Å². The minimum atomic E-state index is -0.162. The molecule has 0 unspecified atom stereocenters. The molecular formula is C19H21N3O3. The first-order chi connectivity index (χ1) is 12.1. The Balaban J connectivity index is 1.46. The van der Waals surface area contributed by atoms with Crippen molar-refractivity contribution in [1.82, 2.24) is 10.6 Å². The molecule has 1 aliphatic heterocycles. The largest absolute Gasteiger partial charge is 0.492 e. The van der Waals surface area contributed by atoms with Gasteiger partial charge in [0.05, 0.1) is 6.54 Å². The number of amides is 3. The van der Waals surface area contributed by atoms with E-state index in [0.29, 0.717) is 31.8 Å². The predicted octanol–water partition coefficient (Wildman–Crippen LogP) is 2.33. The summed E-state index contributed by atoms with van der Waals surface area (Å²) in [5, 5.41) is 5.57. The molecule has 1 heterocycles. The predicted molar refractivity (Wildman–Crippen MR) is 96.2 cm³/mol. The summed E-state index contributed by atoms with van der Waals surface area (Å²) in [6.07, 6.45) is 0. The number of carbonyl (C=O) groups excluding carboxylic acids is 2. The third-order valence-electron chi connectivity index (χ3n) is 3.98. The van der Waals surface area contributed by atoms with Crippen LogP contribution in [0, 0.1) is 6.92 Å². The summed E-state index contributed by atoms with van der Waals surface area (Å²) in [5.74, 6) is 0.623. The summed E-state index contributed by atoms with van der Waals surface area (Å²) < 4.78 is 5.58. The fourth-order valence-corrected chi connectivity index (χ4v) is 2.58. The Morgan fingerprint density at radius 1 is 1.16 bits per heavy atom. The van der Waals surface area contributed by atoms with Gasteiger partial charge in [-0.3, -0.25) is 9.69 Å². The zero-order chi connectivity index (χ0) is 17.6. The second kappa shape index (κ2) is 7.70. The maximum absolute atomic E-state index is 12.1. The van der Waals surface area contributed by atoms with E-state index in [4.69, 9.17) is 4.74 Å². The molecule has 0 radical (unpaired) electrons. The van der Waals surface area contributed by atoms with Gasteiger partial charge in [-0.25, -0.2) is 4.79 Å². The highest BCUT2D eigenvalue weighted by atomic mass is 16.5. The van der Waals surface area contributed by atoms with E-state index in [1.54, 1.807) is 29.2 Å². The molecule has 130 valence electrons. The summed E-state index contributed by atoms with van der Waals surface area (Å²) >= 11 is 0. The van der Waals surface area contributed by atoms with Gasteiger partial charge in [0, 0.05) is 24.3 Å². The van der Waals surface area contributed by atoms with E-state index < -0.39 is 0 Å². The van der Waals surface area contributed by atoms with Gasteiger partial charge in [-0.05, 0) is 43.3 Å². The van der Waals surface area contributed by atoms with Crippen molar-refractivity contribution < 1.29 is 14.3 Å². The van der Waals surface area contributed by atoms with Crippen molar-refractivity contribution in [2.24, 2.45) is 0 Å². The number of nitrogens with one attached hydrogen (secondary N) is 2. The lowest BCUT2D eigenvalue weighted by Gasteiger charge is -2.14. The molecule has 0 aliphatic carbocycles. The highest BCUT2D eigenvalue weighted by molar-refractivity contribution is 5.96. The Morgan fingerprint density at radius 3 is 2.52 bits per heavy atom. The summed E-state index contributed by atoms with van der Waals surface area (Å²) in [6.45, 7) is 4.12. The molecule has 25 heavy (non-hydrogen) atoms. The van der Waals surface area contributed by atoms with Crippen LogP contribution in [0.2, 0.25) is 0 Å². The molecule has 1 aliphatic rings. The summed E-state index contributed by atoms with van der Waals surface area (Å²) in [6, 6.07) is 14.7. The number of ether oxygens (including phenoxy) is 1. The molecule has 0 atom stereocenters. The molecule has 0 saturated carbocycles. The Kier molecular flexibility index (Phi) is 5.18. The summed E-state index contributed by atoms with van der Waals surface area (Å²) in [4.78, 5) is 25.4. The van der Waals surface area contributed by atoms with E-state index in [1.807, 2.05) is 31.2 Å².